The van der Waals surface area contributed by atoms with Crippen molar-refractivity contribution in [3.8, 4) is 0 Å². The summed E-state index contributed by atoms with van der Waals surface area (Å²) in [6, 6.07) is 0. The van der Waals surface area contributed by atoms with Crippen molar-refractivity contribution in [2.24, 2.45) is 16.7 Å². The van der Waals surface area contributed by atoms with Gasteiger partial charge in [0.1, 0.15) is 0 Å². The van der Waals surface area contributed by atoms with Crippen LogP contribution in [0.5, 0.6) is 0 Å². The molecule has 0 bridgehead atoms. The van der Waals surface area contributed by atoms with E-state index in [-0.39, 0.29) is 17.3 Å². The highest BCUT2D eigenvalue weighted by atomic mass is 16.7. The Hall–Kier alpha value is -0.870. The number of hydrogen-bond donors (Lipinski definition) is 0. The first-order valence-corrected chi connectivity index (χ1v) is 9.84. The Morgan fingerprint density at radius 3 is 2.36 bits per heavy atom. The van der Waals surface area contributed by atoms with Gasteiger partial charge in [-0.3, -0.25) is 4.79 Å². The van der Waals surface area contributed by atoms with Crippen molar-refractivity contribution in [1.82, 2.24) is 0 Å². The predicted molar refractivity (Wildman–Crippen MR) is 101 cm³/mol. The molecule has 1 rings (SSSR count). The maximum Gasteiger partial charge on any atom is 0.318 e. The van der Waals surface area contributed by atoms with Crippen LogP contribution in [0.4, 0.5) is 0 Å². The Kier molecular flexibility index (Phi) is 9.15. The minimum atomic E-state index is -0.638. The molecule has 0 aromatic carbocycles. The summed E-state index contributed by atoms with van der Waals surface area (Å²) in [4.78, 5) is 13.0. The lowest BCUT2D eigenvalue weighted by atomic mass is 9.74. The largest absolute Gasteiger partial charge is 0.434 e. The minimum Gasteiger partial charge on any atom is -0.434 e. The summed E-state index contributed by atoms with van der Waals surface area (Å²) in [6.45, 7) is 13.8. The molecule has 1 aliphatic rings. The third-order valence-electron chi connectivity index (χ3n) is 5.63. The van der Waals surface area contributed by atoms with E-state index < -0.39 is 11.7 Å². The third-order valence-corrected chi connectivity index (χ3v) is 5.63. The Bertz CT molecular complexity index is 424. The van der Waals surface area contributed by atoms with Gasteiger partial charge in [0.05, 0.1) is 18.6 Å². The van der Waals surface area contributed by atoms with Crippen molar-refractivity contribution in [1.29, 1.82) is 0 Å². The maximum atomic E-state index is 13.0. The average Bonchev–Trinajstić information content (AvgIpc) is 2.57. The lowest BCUT2D eigenvalue weighted by molar-refractivity contribution is -0.224. The fraction of sp³-hybridized carbons (Fsp3) is 0.857. The highest BCUT2D eigenvalue weighted by molar-refractivity contribution is 5.79. The van der Waals surface area contributed by atoms with Crippen molar-refractivity contribution in [2.75, 3.05) is 19.8 Å². The molecule has 0 N–H and O–H groups in total. The van der Waals surface area contributed by atoms with Crippen LogP contribution in [0.15, 0.2) is 12.2 Å². The Labute approximate surface area is 154 Å². The molecule has 0 radical (unpaired) electrons. The zero-order valence-corrected chi connectivity index (χ0v) is 17.1. The second-order valence-electron chi connectivity index (χ2n) is 7.96. The van der Waals surface area contributed by atoms with Crippen LogP contribution < -0.4 is 0 Å². The number of ether oxygens (including phenoxy) is 3. The van der Waals surface area contributed by atoms with Crippen molar-refractivity contribution in [3.63, 3.8) is 0 Å². The molecule has 25 heavy (non-hydrogen) atoms. The van der Waals surface area contributed by atoms with E-state index >= 15 is 0 Å². The lowest BCUT2D eigenvalue weighted by Gasteiger charge is -2.41. The first kappa shape index (κ1) is 22.2. The third kappa shape index (κ3) is 6.10. The lowest BCUT2D eigenvalue weighted by Crippen LogP contribution is -2.44. The highest BCUT2D eigenvalue weighted by Crippen LogP contribution is 2.42. The molecule has 1 fully saturated rings. The topological polar surface area (TPSA) is 44.8 Å². The molecule has 0 saturated heterocycles. The van der Waals surface area contributed by atoms with Gasteiger partial charge in [0.15, 0.2) is 0 Å². The molecule has 0 amide bonds. The first-order valence-electron chi connectivity index (χ1n) is 9.84. The molecule has 2 unspecified atom stereocenters. The summed E-state index contributed by atoms with van der Waals surface area (Å²) < 4.78 is 17.4. The van der Waals surface area contributed by atoms with Crippen molar-refractivity contribution < 1.29 is 19.0 Å². The summed E-state index contributed by atoms with van der Waals surface area (Å²) in [6.07, 6.45) is 8.99. The molecule has 1 aliphatic carbocycles. The number of allylic oxidation sites excluding steroid dienone is 1. The molecule has 4 heteroatoms. The molecular weight excluding hydrogens is 316 g/mol. The molecule has 1 saturated carbocycles. The van der Waals surface area contributed by atoms with Gasteiger partial charge in [-0.05, 0) is 39.5 Å². The fourth-order valence-electron chi connectivity index (χ4n) is 3.40. The van der Waals surface area contributed by atoms with E-state index in [1.165, 1.54) is 6.42 Å². The number of rotatable bonds is 10. The van der Waals surface area contributed by atoms with Crippen LogP contribution in [0, 0.1) is 16.7 Å². The van der Waals surface area contributed by atoms with E-state index in [0.29, 0.717) is 19.8 Å². The molecular formula is C21H38O4. The summed E-state index contributed by atoms with van der Waals surface area (Å²) in [5.74, 6) is -0.0479. The SMILES string of the molecule is C/C=C\C(C)(C(=O)OC(OCCOCC)C1(C)CCCCC1)C(C)C. The molecule has 0 aliphatic heterocycles. The standard InChI is InChI=1S/C21H38O4/c1-7-12-21(6,17(3)4)18(22)25-19(24-16-15-23-8-2)20(5)13-10-9-11-14-20/h7,12,17,19H,8-11,13-16H2,1-6H3/b12-7-. The van der Waals surface area contributed by atoms with E-state index in [0.717, 1.165) is 25.7 Å². The van der Waals surface area contributed by atoms with Gasteiger partial charge >= 0.3 is 5.97 Å². The molecule has 146 valence electrons. The number of carbonyl (C=O) groups excluding carboxylic acids is 1. The molecule has 0 aromatic heterocycles. The van der Waals surface area contributed by atoms with Gasteiger partial charge in [-0.25, -0.2) is 0 Å². The summed E-state index contributed by atoms with van der Waals surface area (Å²) in [5.41, 5.74) is -0.755. The molecule has 0 spiro atoms. The summed E-state index contributed by atoms with van der Waals surface area (Å²) in [7, 11) is 0. The number of esters is 1. The zero-order chi connectivity index (χ0) is 18.9. The fourth-order valence-corrected chi connectivity index (χ4v) is 3.40. The molecule has 0 aromatic rings. The molecule has 2 atom stereocenters. The Morgan fingerprint density at radius 2 is 1.84 bits per heavy atom. The number of hydrogen-bond acceptors (Lipinski definition) is 4. The summed E-state index contributed by atoms with van der Waals surface area (Å²) >= 11 is 0. The van der Waals surface area contributed by atoms with E-state index in [2.05, 4.69) is 20.8 Å². The van der Waals surface area contributed by atoms with Gasteiger partial charge in [-0.2, -0.15) is 0 Å². The Morgan fingerprint density at radius 1 is 1.20 bits per heavy atom. The van der Waals surface area contributed by atoms with Gasteiger partial charge in [0, 0.05) is 12.0 Å². The van der Waals surface area contributed by atoms with Crippen LogP contribution in [0.3, 0.4) is 0 Å². The highest BCUT2D eigenvalue weighted by Gasteiger charge is 2.43. The van der Waals surface area contributed by atoms with Gasteiger partial charge in [0.2, 0.25) is 6.29 Å². The number of carbonyl (C=O) groups is 1. The van der Waals surface area contributed by atoms with E-state index in [4.69, 9.17) is 14.2 Å². The quantitative estimate of drug-likeness (QED) is 0.236. The molecule has 0 heterocycles. The van der Waals surface area contributed by atoms with Crippen LogP contribution >= 0.6 is 0 Å². The van der Waals surface area contributed by atoms with E-state index in [1.54, 1.807) is 0 Å². The second-order valence-corrected chi connectivity index (χ2v) is 7.96. The van der Waals surface area contributed by atoms with Crippen LogP contribution in [-0.4, -0.2) is 32.1 Å². The zero-order valence-electron chi connectivity index (χ0n) is 17.1. The van der Waals surface area contributed by atoms with Crippen LogP contribution in [0.25, 0.3) is 0 Å². The van der Waals surface area contributed by atoms with Crippen molar-refractivity contribution in [2.45, 2.75) is 79.9 Å². The van der Waals surface area contributed by atoms with Crippen LogP contribution in [0.1, 0.15) is 73.6 Å². The molecule has 4 nitrogen and oxygen atoms in total. The normalized spacial score (nSPS) is 21.2. The smallest absolute Gasteiger partial charge is 0.318 e. The van der Waals surface area contributed by atoms with Crippen LogP contribution in [0.2, 0.25) is 0 Å². The maximum absolute atomic E-state index is 13.0. The first-order chi connectivity index (χ1) is 11.8. The van der Waals surface area contributed by atoms with Crippen LogP contribution in [-0.2, 0) is 19.0 Å². The van der Waals surface area contributed by atoms with E-state index in [1.807, 2.05) is 32.9 Å². The van der Waals surface area contributed by atoms with Crippen molar-refractivity contribution >= 4 is 5.97 Å². The predicted octanol–water partition coefficient (Wildman–Crippen LogP) is 5.12. The minimum absolute atomic E-state index is 0.117. The monoisotopic (exact) mass is 354 g/mol. The van der Waals surface area contributed by atoms with E-state index in [9.17, 15) is 4.79 Å². The Balaban J connectivity index is 2.88. The van der Waals surface area contributed by atoms with Gasteiger partial charge in [-0.1, -0.05) is 52.2 Å². The average molecular weight is 355 g/mol. The van der Waals surface area contributed by atoms with Gasteiger partial charge in [0.25, 0.3) is 0 Å². The van der Waals surface area contributed by atoms with Crippen molar-refractivity contribution in [3.05, 3.63) is 12.2 Å². The van der Waals surface area contributed by atoms with Gasteiger partial charge in [-0.15, -0.1) is 0 Å². The van der Waals surface area contributed by atoms with Gasteiger partial charge < -0.3 is 14.2 Å². The second kappa shape index (κ2) is 10.3. The summed E-state index contributed by atoms with van der Waals surface area (Å²) in [5, 5.41) is 0.